The molecule has 1 fully saturated rings. The van der Waals surface area contributed by atoms with Crippen LogP contribution < -0.4 is 0 Å². The summed E-state index contributed by atoms with van der Waals surface area (Å²) >= 11 is 0. The highest BCUT2D eigenvalue weighted by atomic mass is 16.2. The Morgan fingerprint density at radius 1 is 1.08 bits per heavy atom. The molecule has 1 aromatic carbocycles. The van der Waals surface area contributed by atoms with Gasteiger partial charge >= 0.3 is 0 Å². The van der Waals surface area contributed by atoms with Gasteiger partial charge in [0.25, 0.3) is 5.91 Å². The van der Waals surface area contributed by atoms with Crippen LogP contribution in [0, 0.1) is 18.8 Å². The summed E-state index contributed by atoms with van der Waals surface area (Å²) in [5.74, 6) is 6.29. The summed E-state index contributed by atoms with van der Waals surface area (Å²) in [5.41, 5.74) is 3.83. The number of piperidine rings is 1. The van der Waals surface area contributed by atoms with E-state index in [1.165, 1.54) is 5.57 Å². The van der Waals surface area contributed by atoms with E-state index in [1.807, 2.05) is 66.4 Å². The zero-order valence-electron chi connectivity index (χ0n) is 13.8. The van der Waals surface area contributed by atoms with Crippen LogP contribution in [0.5, 0.6) is 0 Å². The van der Waals surface area contributed by atoms with Crippen molar-refractivity contribution in [3.05, 3.63) is 77.1 Å². The van der Waals surface area contributed by atoms with E-state index in [-0.39, 0.29) is 5.91 Å². The fourth-order valence-corrected chi connectivity index (χ4v) is 2.73. The van der Waals surface area contributed by atoms with Gasteiger partial charge in [-0.15, -0.1) is 0 Å². The Morgan fingerprint density at radius 3 is 2.54 bits per heavy atom. The van der Waals surface area contributed by atoms with Gasteiger partial charge in [-0.1, -0.05) is 35.8 Å². The lowest BCUT2D eigenvalue weighted by Crippen LogP contribution is -2.36. The maximum absolute atomic E-state index is 12.4. The summed E-state index contributed by atoms with van der Waals surface area (Å²) in [6, 6.07) is 15.3. The molecule has 2 heterocycles. The van der Waals surface area contributed by atoms with E-state index in [9.17, 15) is 4.79 Å². The molecule has 1 amide bonds. The Kier molecular flexibility index (Phi) is 5.08. The Morgan fingerprint density at radius 2 is 1.83 bits per heavy atom. The Hall–Kier alpha value is -2.86. The number of likely N-dealkylation sites (tertiary alicyclic amines) is 1. The minimum atomic E-state index is 0.115. The van der Waals surface area contributed by atoms with E-state index in [4.69, 9.17) is 0 Å². The molecule has 2 aromatic rings. The average Bonchev–Trinajstić information content (AvgIpc) is 2.63. The van der Waals surface area contributed by atoms with Gasteiger partial charge in [0.2, 0.25) is 0 Å². The van der Waals surface area contributed by atoms with Crippen LogP contribution in [0.15, 0.2) is 60.2 Å². The number of carbonyl (C=O) groups excluding carboxylic acids is 1. The van der Waals surface area contributed by atoms with Crippen LogP contribution in [0.2, 0.25) is 0 Å². The largest absolute Gasteiger partial charge is 0.338 e. The monoisotopic (exact) mass is 316 g/mol. The highest BCUT2D eigenvalue weighted by Gasteiger charge is 2.19. The van der Waals surface area contributed by atoms with E-state index in [2.05, 4.69) is 16.8 Å². The van der Waals surface area contributed by atoms with E-state index >= 15 is 0 Å². The van der Waals surface area contributed by atoms with Crippen LogP contribution in [-0.2, 0) is 0 Å². The van der Waals surface area contributed by atoms with Crippen molar-refractivity contribution < 1.29 is 4.79 Å². The molecular formula is C21H20N2O. The van der Waals surface area contributed by atoms with Crippen molar-refractivity contribution in [2.24, 2.45) is 0 Å². The SMILES string of the molecule is Cc1cccc(C#CC=C2CCN(C(=O)c3ccccc3)CC2)n1. The standard InChI is InChI=1S/C21H20N2O/c1-17-7-5-11-20(22-17)12-6-8-18-13-15-23(16-14-18)21(24)19-9-3-2-4-10-19/h2-5,7-11H,13-16H2,1H3. The highest BCUT2D eigenvalue weighted by Crippen LogP contribution is 2.18. The number of hydrogen-bond donors (Lipinski definition) is 0. The fraction of sp³-hybridized carbons (Fsp3) is 0.238. The van der Waals surface area contributed by atoms with Gasteiger partial charge in [0.05, 0.1) is 0 Å². The van der Waals surface area contributed by atoms with E-state index in [0.29, 0.717) is 0 Å². The summed E-state index contributed by atoms with van der Waals surface area (Å²) in [5, 5.41) is 0. The molecule has 1 aliphatic heterocycles. The van der Waals surface area contributed by atoms with Crippen molar-refractivity contribution in [3.8, 4) is 11.8 Å². The molecule has 0 aliphatic carbocycles. The summed E-state index contributed by atoms with van der Waals surface area (Å²) < 4.78 is 0. The molecular weight excluding hydrogens is 296 g/mol. The molecule has 1 saturated heterocycles. The van der Waals surface area contributed by atoms with Crippen LogP contribution in [0.3, 0.4) is 0 Å². The topological polar surface area (TPSA) is 33.2 Å². The zero-order chi connectivity index (χ0) is 16.8. The van der Waals surface area contributed by atoms with Crippen LogP contribution in [-0.4, -0.2) is 28.9 Å². The van der Waals surface area contributed by atoms with E-state index in [1.54, 1.807) is 0 Å². The van der Waals surface area contributed by atoms with Crippen LogP contribution >= 0.6 is 0 Å². The minimum Gasteiger partial charge on any atom is -0.338 e. The number of aryl methyl sites for hydroxylation is 1. The predicted octanol–water partition coefficient (Wildman–Crippen LogP) is 3.60. The van der Waals surface area contributed by atoms with Crippen molar-refractivity contribution in [1.82, 2.24) is 9.88 Å². The fourth-order valence-electron chi connectivity index (χ4n) is 2.73. The number of amides is 1. The lowest BCUT2D eigenvalue weighted by molar-refractivity contribution is 0.0743. The van der Waals surface area contributed by atoms with Gasteiger partial charge in [0.15, 0.2) is 0 Å². The zero-order valence-corrected chi connectivity index (χ0v) is 13.8. The molecule has 0 saturated carbocycles. The predicted molar refractivity (Wildman–Crippen MR) is 95.5 cm³/mol. The van der Waals surface area contributed by atoms with Crippen LogP contribution in [0.4, 0.5) is 0 Å². The smallest absolute Gasteiger partial charge is 0.253 e. The number of benzene rings is 1. The van der Waals surface area contributed by atoms with Crippen molar-refractivity contribution in [1.29, 1.82) is 0 Å². The molecule has 0 radical (unpaired) electrons. The number of carbonyl (C=O) groups is 1. The van der Waals surface area contributed by atoms with Crippen molar-refractivity contribution in [3.63, 3.8) is 0 Å². The maximum Gasteiger partial charge on any atom is 0.253 e. The van der Waals surface area contributed by atoms with Gasteiger partial charge < -0.3 is 4.90 Å². The molecule has 0 N–H and O–H groups in total. The molecule has 0 unspecified atom stereocenters. The van der Waals surface area contributed by atoms with Gasteiger partial charge in [-0.2, -0.15) is 0 Å². The first-order chi connectivity index (χ1) is 11.7. The Balaban J connectivity index is 1.58. The quantitative estimate of drug-likeness (QED) is 0.753. The van der Waals surface area contributed by atoms with Crippen molar-refractivity contribution >= 4 is 5.91 Å². The molecule has 3 rings (SSSR count). The molecule has 0 bridgehead atoms. The van der Waals surface area contributed by atoms with Crippen molar-refractivity contribution in [2.45, 2.75) is 19.8 Å². The number of allylic oxidation sites excluding steroid dienone is 1. The third kappa shape index (κ3) is 4.11. The molecule has 3 heteroatoms. The summed E-state index contributed by atoms with van der Waals surface area (Å²) in [4.78, 5) is 18.7. The second-order valence-corrected chi connectivity index (χ2v) is 5.89. The third-order valence-corrected chi connectivity index (χ3v) is 4.08. The highest BCUT2D eigenvalue weighted by molar-refractivity contribution is 5.94. The van der Waals surface area contributed by atoms with Crippen LogP contribution in [0.25, 0.3) is 0 Å². The maximum atomic E-state index is 12.4. The molecule has 0 atom stereocenters. The second-order valence-electron chi connectivity index (χ2n) is 5.89. The molecule has 0 spiro atoms. The number of rotatable bonds is 1. The summed E-state index contributed by atoms with van der Waals surface area (Å²) in [6.07, 6.45) is 3.75. The lowest BCUT2D eigenvalue weighted by Gasteiger charge is -2.28. The molecule has 1 aliphatic rings. The van der Waals surface area contributed by atoms with Gasteiger partial charge in [-0.3, -0.25) is 4.79 Å². The number of aromatic nitrogens is 1. The number of nitrogens with zero attached hydrogens (tertiary/aromatic N) is 2. The van der Waals surface area contributed by atoms with E-state index in [0.717, 1.165) is 42.9 Å². The van der Waals surface area contributed by atoms with Gasteiger partial charge in [0, 0.05) is 24.3 Å². The Bertz CT molecular complexity index is 802. The number of hydrogen-bond acceptors (Lipinski definition) is 2. The summed E-state index contributed by atoms with van der Waals surface area (Å²) in [7, 11) is 0. The first-order valence-corrected chi connectivity index (χ1v) is 8.20. The average molecular weight is 316 g/mol. The molecule has 24 heavy (non-hydrogen) atoms. The van der Waals surface area contributed by atoms with Crippen LogP contribution in [0.1, 0.15) is 34.6 Å². The van der Waals surface area contributed by atoms with Gasteiger partial charge in [-0.05, 0) is 56.0 Å². The molecule has 120 valence electrons. The normalized spacial score (nSPS) is 13.9. The lowest BCUT2D eigenvalue weighted by atomic mass is 10.0. The molecule has 3 nitrogen and oxygen atoms in total. The molecule has 1 aromatic heterocycles. The van der Waals surface area contributed by atoms with Gasteiger partial charge in [-0.25, -0.2) is 4.98 Å². The minimum absolute atomic E-state index is 0.115. The Labute approximate surface area is 143 Å². The summed E-state index contributed by atoms with van der Waals surface area (Å²) in [6.45, 7) is 3.47. The van der Waals surface area contributed by atoms with Gasteiger partial charge in [0.1, 0.15) is 5.69 Å². The second kappa shape index (κ2) is 7.61. The van der Waals surface area contributed by atoms with E-state index < -0.39 is 0 Å². The first-order valence-electron chi connectivity index (χ1n) is 8.20. The number of pyridine rings is 1. The first kappa shape index (κ1) is 16.0. The van der Waals surface area contributed by atoms with Crippen molar-refractivity contribution in [2.75, 3.05) is 13.1 Å². The third-order valence-electron chi connectivity index (χ3n) is 4.08.